The van der Waals surface area contributed by atoms with E-state index >= 15 is 0 Å². The second-order valence-electron chi connectivity index (χ2n) is 2.07. The van der Waals surface area contributed by atoms with Gasteiger partial charge in [0.2, 0.25) is 0 Å². The fraction of sp³-hybridized carbons (Fsp3) is 0. The van der Waals surface area contributed by atoms with Crippen molar-refractivity contribution in [2.75, 3.05) is 5.43 Å². The summed E-state index contributed by atoms with van der Waals surface area (Å²) in [4.78, 5) is 9.78. The Morgan fingerprint density at radius 2 is 2.25 bits per heavy atom. The van der Waals surface area contributed by atoms with Gasteiger partial charge in [-0.25, -0.2) is 0 Å². The SMILES string of the molecule is NNc1ccc(Cl)c([N+](=O)[O-])c1. The van der Waals surface area contributed by atoms with Crippen LogP contribution < -0.4 is 11.3 Å². The molecule has 0 fully saturated rings. The van der Waals surface area contributed by atoms with Gasteiger partial charge in [-0.15, -0.1) is 0 Å². The highest BCUT2D eigenvalue weighted by atomic mass is 35.5. The summed E-state index contributed by atoms with van der Waals surface area (Å²) in [5.74, 6) is 5.05. The lowest BCUT2D eigenvalue weighted by Crippen LogP contribution is -2.06. The van der Waals surface area contributed by atoms with Crippen molar-refractivity contribution in [3.63, 3.8) is 0 Å². The van der Waals surface area contributed by atoms with Crippen molar-refractivity contribution in [1.29, 1.82) is 0 Å². The van der Waals surface area contributed by atoms with Crippen LogP contribution in [0.15, 0.2) is 18.2 Å². The molecular formula is C6H6ClN3O2. The summed E-state index contributed by atoms with van der Waals surface area (Å²) < 4.78 is 0. The highest BCUT2D eigenvalue weighted by Crippen LogP contribution is 2.26. The zero-order valence-corrected chi connectivity index (χ0v) is 6.71. The van der Waals surface area contributed by atoms with Crippen LogP contribution in [0.5, 0.6) is 0 Å². The second kappa shape index (κ2) is 3.38. The van der Waals surface area contributed by atoms with Crippen LogP contribution in [0.1, 0.15) is 0 Å². The van der Waals surface area contributed by atoms with Crippen molar-refractivity contribution >= 4 is 23.0 Å². The average Bonchev–Trinajstić information content (AvgIpc) is 2.05. The van der Waals surface area contributed by atoms with Crippen LogP contribution in [0.2, 0.25) is 5.02 Å². The van der Waals surface area contributed by atoms with E-state index in [9.17, 15) is 10.1 Å². The summed E-state index contributed by atoms with van der Waals surface area (Å²) in [5, 5.41) is 10.4. The highest BCUT2D eigenvalue weighted by molar-refractivity contribution is 6.32. The molecule has 0 aromatic heterocycles. The third-order valence-corrected chi connectivity index (χ3v) is 1.63. The van der Waals surface area contributed by atoms with Crippen LogP contribution in [-0.2, 0) is 0 Å². The minimum Gasteiger partial charge on any atom is -0.324 e. The molecule has 0 spiro atoms. The Hall–Kier alpha value is -1.33. The molecular weight excluding hydrogens is 182 g/mol. The van der Waals surface area contributed by atoms with Crippen LogP contribution in [0, 0.1) is 10.1 Å². The van der Waals surface area contributed by atoms with Gasteiger partial charge in [0.15, 0.2) is 0 Å². The number of nitro benzene ring substituents is 1. The van der Waals surface area contributed by atoms with Crippen LogP contribution >= 0.6 is 11.6 Å². The summed E-state index contributed by atoms with van der Waals surface area (Å²) in [5.41, 5.74) is 2.58. The molecule has 0 amide bonds. The first-order valence-electron chi connectivity index (χ1n) is 3.05. The molecule has 0 saturated carbocycles. The third kappa shape index (κ3) is 1.63. The van der Waals surface area contributed by atoms with Gasteiger partial charge in [0.05, 0.1) is 10.6 Å². The van der Waals surface area contributed by atoms with Crippen molar-refractivity contribution < 1.29 is 4.92 Å². The normalized spacial score (nSPS) is 9.50. The predicted molar refractivity (Wildman–Crippen MR) is 45.9 cm³/mol. The molecule has 0 aliphatic rings. The lowest BCUT2D eigenvalue weighted by atomic mass is 10.3. The molecule has 0 aliphatic heterocycles. The number of benzene rings is 1. The van der Waals surface area contributed by atoms with E-state index in [1.165, 1.54) is 12.1 Å². The summed E-state index contributed by atoms with van der Waals surface area (Å²) in [6.45, 7) is 0. The number of nitro groups is 1. The summed E-state index contributed by atoms with van der Waals surface area (Å²) in [6.07, 6.45) is 0. The summed E-state index contributed by atoms with van der Waals surface area (Å²) in [7, 11) is 0. The zero-order valence-electron chi connectivity index (χ0n) is 5.95. The van der Waals surface area contributed by atoms with Crippen molar-refractivity contribution in [1.82, 2.24) is 0 Å². The number of nitrogens with one attached hydrogen (secondary N) is 1. The fourth-order valence-corrected chi connectivity index (χ4v) is 0.929. The van der Waals surface area contributed by atoms with Gasteiger partial charge in [0, 0.05) is 6.07 Å². The largest absolute Gasteiger partial charge is 0.324 e. The quantitative estimate of drug-likeness (QED) is 0.418. The van der Waals surface area contributed by atoms with Gasteiger partial charge in [-0.3, -0.25) is 16.0 Å². The Kier molecular flexibility index (Phi) is 2.47. The molecule has 0 atom stereocenters. The molecule has 1 rings (SSSR count). The number of nitrogens with zero attached hydrogens (tertiary/aromatic N) is 1. The molecule has 0 saturated heterocycles. The first-order valence-corrected chi connectivity index (χ1v) is 3.43. The monoisotopic (exact) mass is 187 g/mol. The van der Waals surface area contributed by atoms with E-state index in [4.69, 9.17) is 17.4 Å². The van der Waals surface area contributed by atoms with E-state index in [0.717, 1.165) is 0 Å². The van der Waals surface area contributed by atoms with E-state index in [-0.39, 0.29) is 10.7 Å². The highest BCUT2D eigenvalue weighted by Gasteiger charge is 2.11. The number of hydrazine groups is 1. The van der Waals surface area contributed by atoms with E-state index in [0.29, 0.717) is 5.69 Å². The number of anilines is 1. The first kappa shape index (κ1) is 8.76. The van der Waals surface area contributed by atoms with Gasteiger partial charge < -0.3 is 5.43 Å². The second-order valence-corrected chi connectivity index (χ2v) is 2.47. The molecule has 6 heteroatoms. The molecule has 0 radical (unpaired) electrons. The maximum absolute atomic E-state index is 10.3. The zero-order chi connectivity index (χ0) is 9.14. The molecule has 0 heterocycles. The number of hydrogen-bond acceptors (Lipinski definition) is 4. The van der Waals surface area contributed by atoms with Gasteiger partial charge in [-0.1, -0.05) is 11.6 Å². The minimum absolute atomic E-state index is 0.0963. The van der Waals surface area contributed by atoms with Gasteiger partial charge >= 0.3 is 0 Å². The van der Waals surface area contributed by atoms with Crippen molar-refractivity contribution in [2.45, 2.75) is 0 Å². The Labute approximate surface area is 73.2 Å². The maximum Gasteiger partial charge on any atom is 0.289 e. The van der Waals surface area contributed by atoms with Crippen LogP contribution in [0.25, 0.3) is 0 Å². The maximum atomic E-state index is 10.3. The van der Waals surface area contributed by atoms with Crippen molar-refractivity contribution in [3.8, 4) is 0 Å². The van der Waals surface area contributed by atoms with Crippen LogP contribution in [0.3, 0.4) is 0 Å². The molecule has 1 aromatic rings. The molecule has 0 aliphatic carbocycles. The minimum atomic E-state index is -0.566. The Balaban J connectivity index is 3.17. The van der Waals surface area contributed by atoms with Gasteiger partial charge in [0.25, 0.3) is 5.69 Å². The molecule has 64 valence electrons. The van der Waals surface area contributed by atoms with E-state index in [2.05, 4.69) is 5.43 Å². The van der Waals surface area contributed by atoms with E-state index < -0.39 is 4.92 Å². The van der Waals surface area contributed by atoms with Crippen molar-refractivity contribution in [3.05, 3.63) is 33.3 Å². The number of nitrogens with two attached hydrogens (primary N) is 1. The molecule has 0 bridgehead atoms. The van der Waals surface area contributed by atoms with Crippen LogP contribution in [-0.4, -0.2) is 4.92 Å². The number of hydrogen-bond donors (Lipinski definition) is 2. The number of halogens is 1. The fourth-order valence-electron chi connectivity index (χ4n) is 0.742. The van der Waals surface area contributed by atoms with E-state index in [1.54, 1.807) is 6.07 Å². The smallest absolute Gasteiger partial charge is 0.289 e. The molecule has 1 aromatic carbocycles. The van der Waals surface area contributed by atoms with E-state index in [1.807, 2.05) is 0 Å². The van der Waals surface area contributed by atoms with Crippen molar-refractivity contribution in [2.24, 2.45) is 5.84 Å². The Bertz CT molecular complexity index is 316. The van der Waals surface area contributed by atoms with Gasteiger partial charge in [0.1, 0.15) is 5.02 Å². The summed E-state index contributed by atoms with van der Waals surface area (Å²) >= 11 is 5.54. The topological polar surface area (TPSA) is 81.2 Å². The Morgan fingerprint density at radius 3 is 2.75 bits per heavy atom. The van der Waals surface area contributed by atoms with Gasteiger partial charge in [-0.2, -0.15) is 0 Å². The molecule has 0 unspecified atom stereocenters. The predicted octanol–water partition coefficient (Wildman–Crippen LogP) is 1.53. The average molecular weight is 188 g/mol. The first-order chi connectivity index (χ1) is 5.65. The molecule has 5 nitrogen and oxygen atoms in total. The lowest BCUT2D eigenvalue weighted by molar-refractivity contribution is -0.384. The molecule has 12 heavy (non-hydrogen) atoms. The number of nitrogen functional groups attached to an aromatic ring is 1. The third-order valence-electron chi connectivity index (χ3n) is 1.31. The number of rotatable bonds is 2. The van der Waals surface area contributed by atoms with Crippen LogP contribution in [0.4, 0.5) is 11.4 Å². The lowest BCUT2D eigenvalue weighted by Gasteiger charge is -1.99. The molecule has 3 N–H and O–H groups in total. The van der Waals surface area contributed by atoms with Gasteiger partial charge in [-0.05, 0) is 12.1 Å². The standard InChI is InChI=1S/C6H6ClN3O2/c7-5-2-1-4(9-8)3-6(5)10(11)12/h1-3,9H,8H2. The summed E-state index contributed by atoms with van der Waals surface area (Å²) in [6, 6.07) is 4.23. The Morgan fingerprint density at radius 1 is 1.58 bits per heavy atom.